The van der Waals surface area contributed by atoms with Gasteiger partial charge in [0, 0.05) is 31.0 Å². The zero-order valence-electron chi connectivity index (χ0n) is 16.6. The summed E-state index contributed by atoms with van der Waals surface area (Å²) < 4.78 is 75.7. The van der Waals surface area contributed by atoms with Crippen molar-refractivity contribution in [2.24, 2.45) is 5.92 Å². The molecule has 2 aliphatic rings. The number of aryl methyl sites for hydroxylation is 1. The number of alkyl halides is 5. The van der Waals surface area contributed by atoms with Gasteiger partial charge in [-0.3, -0.25) is 4.68 Å². The highest BCUT2D eigenvalue weighted by molar-refractivity contribution is 6.28. The topological polar surface area (TPSA) is 64.9 Å². The fourth-order valence-corrected chi connectivity index (χ4v) is 4.07. The molecule has 0 aliphatic heterocycles. The molecule has 2 heterocycles. The summed E-state index contributed by atoms with van der Waals surface area (Å²) in [5.74, 6) is -3.90. The van der Waals surface area contributed by atoms with Gasteiger partial charge < -0.3 is 10.1 Å². The van der Waals surface area contributed by atoms with Crippen LogP contribution in [0, 0.1) is 12.8 Å². The van der Waals surface area contributed by atoms with Crippen molar-refractivity contribution >= 4 is 17.4 Å². The van der Waals surface area contributed by atoms with E-state index in [1.165, 1.54) is 0 Å². The molecule has 1 N–H and O–H groups in total. The molecule has 2 unspecified atom stereocenters. The molecule has 2 atom stereocenters. The number of ether oxygens (including phenoxy) is 1. The van der Waals surface area contributed by atoms with Crippen LogP contribution >= 0.6 is 11.6 Å². The number of rotatable bonds is 6. The van der Waals surface area contributed by atoms with Crippen molar-refractivity contribution in [3.05, 3.63) is 28.9 Å². The second-order valence-electron chi connectivity index (χ2n) is 8.13. The lowest BCUT2D eigenvalue weighted by atomic mass is 9.93. The largest absolute Gasteiger partial charge is 0.490 e. The maximum absolute atomic E-state index is 14.1. The van der Waals surface area contributed by atoms with E-state index >= 15 is 0 Å². The highest BCUT2D eigenvalue weighted by Crippen LogP contribution is 2.42. The minimum atomic E-state index is -4.76. The summed E-state index contributed by atoms with van der Waals surface area (Å²) >= 11 is 5.64. The van der Waals surface area contributed by atoms with Crippen LogP contribution in [-0.4, -0.2) is 38.3 Å². The molecule has 0 amide bonds. The molecule has 2 aromatic rings. The van der Waals surface area contributed by atoms with Crippen molar-refractivity contribution in [3.63, 3.8) is 0 Å². The van der Waals surface area contributed by atoms with Gasteiger partial charge in [0.15, 0.2) is 5.75 Å². The van der Waals surface area contributed by atoms with E-state index in [2.05, 4.69) is 20.4 Å². The minimum Gasteiger partial charge on any atom is -0.490 e. The Kier molecular flexibility index (Phi) is 5.74. The molecule has 2 fully saturated rings. The molecule has 2 aliphatic carbocycles. The van der Waals surface area contributed by atoms with Crippen molar-refractivity contribution in [3.8, 4) is 5.75 Å². The van der Waals surface area contributed by atoms with Gasteiger partial charge in [-0.2, -0.15) is 18.3 Å². The molecule has 0 bridgehead atoms. The van der Waals surface area contributed by atoms with Gasteiger partial charge in [-0.15, -0.1) is 0 Å². The first kappa shape index (κ1) is 22.0. The third-order valence-corrected chi connectivity index (χ3v) is 5.99. The van der Waals surface area contributed by atoms with E-state index in [1.54, 1.807) is 13.1 Å². The number of nitrogens with zero attached hydrogens (tertiary/aromatic N) is 4. The van der Waals surface area contributed by atoms with Crippen LogP contribution in [0.15, 0.2) is 12.4 Å². The molecule has 12 heteroatoms. The summed E-state index contributed by atoms with van der Waals surface area (Å²) in [6, 6.07) is -0.659. The molecule has 4 rings (SSSR count). The Labute approximate surface area is 180 Å². The quantitative estimate of drug-likeness (QED) is 0.464. The average molecular weight is 466 g/mol. The van der Waals surface area contributed by atoms with E-state index in [0.29, 0.717) is 23.7 Å². The lowest BCUT2D eigenvalue weighted by Crippen LogP contribution is -2.30. The Morgan fingerprint density at radius 3 is 2.68 bits per heavy atom. The Morgan fingerprint density at radius 2 is 2.03 bits per heavy atom. The predicted octanol–water partition coefficient (Wildman–Crippen LogP) is 5.28. The monoisotopic (exact) mass is 465 g/mol. The molecular weight excluding hydrogens is 445 g/mol. The second-order valence-corrected chi connectivity index (χ2v) is 8.47. The molecule has 0 radical (unpaired) electrons. The first-order valence-corrected chi connectivity index (χ1v) is 10.3. The predicted molar refractivity (Wildman–Crippen MR) is 102 cm³/mol. The summed E-state index contributed by atoms with van der Waals surface area (Å²) in [5, 5.41) is 6.52. The summed E-state index contributed by atoms with van der Waals surface area (Å²) in [6.45, 7) is 1.67. The highest BCUT2D eigenvalue weighted by Gasteiger charge is 2.48. The number of anilines is 1. The fraction of sp³-hybridized carbons (Fsp3) is 0.632. The molecule has 6 nitrogen and oxygen atoms in total. The molecule has 170 valence electrons. The first-order valence-electron chi connectivity index (χ1n) is 9.94. The maximum Gasteiger partial charge on any atom is 0.421 e. The second kappa shape index (κ2) is 8.07. The number of halogens is 6. The summed E-state index contributed by atoms with van der Waals surface area (Å²) in [4.78, 5) is 6.93. The summed E-state index contributed by atoms with van der Waals surface area (Å²) in [7, 11) is 0. The van der Waals surface area contributed by atoms with Crippen LogP contribution in [-0.2, 0) is 6.18 Å². The molecule has 0 spiro atoms. The smallest absolute Gasteiger partial charge is 0.421 e. The van der Waals surface area contributed by atoms with Gasteiger partial charge in [0.05, 0.1) is 18.8 Å². The lowest BCUT2D eigenvalue weighted by molar-refractivity contribution is -0.137. The van der Waals surface area contributed by atoms with Crippen molar-refractivity contribution in [1.82, 2.24) is 19.7 Å². The van der Waals surface area contributed by atoms with Gasteiger partial charge in [-0.25, -0.2) is 18.7 Å². The van der Waals surface area contributed by atoms with E-state index in [9.17, 15) is 22.0 Å². The van der Waals surface area contributed by atoms with E-state index < -0.39 is 53.6 Å². The molecule has 2 saturated carbocycles. The molecule has 2 aromatic heterocycles. The first-order chi connectivity index (χ1) is 14.5. The van der Waals surface area contributed by atoms with Crippen LogP contribution in [0.3, 0.4) is 0 Å². The summed E-state index contributed by atoms with van der Waals surface area (Å²) in [5.41, 5.74) is -0.521. The average Bonchev–Trinajstić information content (AvgIpc) is 3.09. The third-order valence-electron chi connectivity index (χ3n) is 5.81. The van der Waals surface area contributed by atoms with Crippen LogP contribution in [0.1, 0.15) is 49.4 Å². The SMILES string of the molecule is Cc1nn(C2CCC2)cc1OCC1CC(F)(F)CC1Nc1nc(Cl)ncc1C(F)(F)F. The Morgan fingerprint density at radius 1 is 1.29 bits per heavy atom. The Hall–Kier alpha value is -2.17. The van der Waals surface area contributed by atoms with Crippen LogP contribution in [0.2, 0.25) is 5.28 Å². The van der Waals surface area contributed by atoms with Gasteiger partial charge in [0.1, 0.15) is 17.1 Å². The number of aromatic nitrogens is 4. The van der Waals surface area contributed by atoms with Crippen molar-refractivity contribution in [2.45, 2.75) is 63.2 Å². The standard InChI is InChI=1S/C19H21ClF5N5O/c1-10-15(8-30(29-10)12-3-2-4-12)31-9-11-5-18(21,22)6-14(11)27-16-13(19(23,24)25)7-26-17(20)28-16/h7-8,11-12,14H,2-6,9H2,1H3,(H,26,27,28). The van der Waals surface area contributed by atoms with Crippen LogP contribution < -0.4 is 10.1 Å². The molecule has 0 aromatic carbocycles. The van der Waals surface area contributed by atoms with E-state index in [4.69, 9.17) is 16.3 Å². The molecule has 0 saturated heterocycles. The van der Waals surface area contributed by atoms with E-state index in [1.807, 2.05) is 4.68 Å². The van der Waals surface area contributed by atoms with Crippen LogP contribution in [0.4, 0.5) is 27.8 Å². The van der Waals surface area contributed by atoms with Crippen LogP contribution in [0.5, 0.6) is 5.75 Å². The third kappa shape index (κ3) is 4.86. The lowest BCUT2D eigenvalue weighted by Gasteiger charge is -2.25. The van der Waals surface area contributed by atoms with Gasteiger partial charge >= 0.3 is 6.18 Å². The maximum atomic E-state index is 14.1. The highest BCUT2D eigenvalue weighted by atomic mass is 35.5. The number of hydrogen-bond donors (Lipinski definition) is 1. The van der Waals surface area contributed by atoms with Crippen molar-refractivity contribution < 1.29 is 26.7 Å². The van der Waals surface area contributed by atoms with Gasteiger partial charge in [-0.05, 0) is 37.8 Å². The van der Waals surface area contributed by atoms with Gasteiger partial charge in [-0.1, -0.05) is 0 Å². The minimum absolute atomic E-state index is 0.0926. The number of hydrogen-bond acceptors (Lipinski definition) is 5. The van der Waals surface area contributed by atoms with Gasteiger partial charge in [0.2, 0.25) is 5.28 Å². The molecular formula is C19H21ClF5N5O. The normalized spacial score (nSPS) is 23.6. The van der Waals surface area contributed by atoms with E-state index in [0.717, 1.165) is 19.3 Å². The van der Waals surface area contributed by atoms with Crippen molar-refractivity contribution in [2.75, 3.05) is 11.9 Å². The van der Waals surface area contributed by atoms with Crippen molar-refractivity contribution in [1.29, 1.82) is 0 Å². The number of nitrogens with one attached hydrogen (secondary N) is 1. The van der Waals surface area contributed by atoms with Crippen LogP contribution in [0.25, 0.3) is 0 Å². The summed E-state index contributed by atoms with van der Waals surface area (Å²) in [6.07, 6.45) is -0.421. The fourth-order valence-electron chi connectivity index (χ4n) is 3.94. The van der Waals surface area contributed by atoms with E-state index in [-0.39, 0.29) is 6.61 Å². The zero-order chi connectivity index (χ0) is 22.4. The van der Waals surface area contributed by atoms with Gasteiger partial charge in [0.25, 0.3) is 5.92 Å². The Bertz CT molecular complexity index is 946. The Balaban J connectivity index is 1.49. The molecule has 31 heavy (non-hydrogen) atoms. The zero-order valence-corrected chi connectivity index (χ0v) is 17.4.